The Morgan fingerprint density at radius 1 is 1.05 bits per heavy atom. The molecule has 2 aromatic carbocycles. The van der Waals surface area contributed by atoms with Gasteiger partial charge in [-0.25, -0.2) is 8.42 Å². The first-order valence-corrected chi connectivity index (χ1v) is 7.95. The van der Waals surface area contributed by atoms with E-state index in [4.69, 9.17) is 5.73 Å². The number of nitrogens with two attached hydrogens (primary N) is 1. The third kappa shape index (κ3) is 3.28. The zero-order valence-electron chi connectivity index (χ0n) is 12.3. The van der Waals surface area contributed by atoms with Gasteiger partial charge in [-0.2, -0.15) is 0 Å². The van der Waals surface area contributed by atoms with E-state index >= 15 is 0 Å². The molecule has 0 spiro atoms. The molecule has 0 bridgehead atoms. The highest BCUT2D eigenvalue weighted by Gasteiger charge is 2.19. The van der Waals surface area contributed by atoms with Crippen LogP contribution in [-0.4, -0.2) is 22.5 Å². The quantitative estimate of drug-likeness (QED) is 0.851. The predicted molar refractivity (Wildman–Crippen MR) is 87.2 cm³/mol. The Hall–Kier alpha value is -2.21. The first kappa shape index (κ1) is 15.2. The second kappa shape index (κ2) is 5.65. The molecule has 2 rings (SSSR count). The molecule has 5 nitrogen and oxygen atoms in total. The summed E-state index contributed by atoms with van der Waals surface area (Å²) < 4.78 is 27.5. The summed E-state index contributed by atoms with van der Waals surface area (Å²) >= 11 is 0. The summed E-state index contributed by atoms with van der Waals surface area (Å²) in [5, 5.41) is 0. The maximum absolute atomic E-state index is 12.5. The number of hydrogen-bond donors (Lipinski definition) is 2. The van der Waals surface area contributed by atoms with Gasteiger partial charge >= 0.3 is 0 Å². The van der Waals surface area contributed by atoms with Crippen LogP contribution in [0.3, 0.4) is 0 Å². The number of nitrogens with zero attached hydrogens (tertiary/aromatic N) is 1. The Kier molecular flexibility index (Phi) is 4.09. The lowest BCUT2D eigenvalue weighted by Crippen LogP contribution is -2.16. The molecule has 0 aromatic heterocycles. The summed E-state index contributed by atoms with van der Waals surface area (Å²) in [7, 11) is 0.151. The van der Waals surface area contributed by atoms with E-state index in [9.17, 15) is 8.42 Å². The minimum atomic E-state index is -3.70. The van der Waals surface area contributed by atoms with Gasteiger partial charge in [0, 0.05) is 25.5 Å². The summed E-state index contributed by atoms with van der Waals surface area (Å²) in [6.45, 7) is 1.72. The average Bonchev–Trinajstić information content (AvgIpc) is 2.38. The van der Waals surface area contributed by atoms with Crippen molar-refractivity contribution >= 4 is 27.1 Å². The van der Waals surface area contributed by atoms with Gasteiger partial charge in [-0.1, -0.05) is 12.1 Å². The maximum Gasteiger partial charge on any atom is 0.264 e. The maximum atomic E-state index is 12.5. The van der Waals surface area contributed by atoms with E-state index in [1.54, 1.807) is 37.3 Å². The summed E-state index contributed by atoms with van der Waals surface area (Å²) in [4.78, 5) is 2.07. The smallest absolute Gasteiger partial charge is 0.264 e. The van der Waals surface area contributed by atoms with Crippen LogP contribution >= 0.6 is 0 Å². The largest absolute Gasteiger partial charge is 0.398 e. The van der Waals surface area contributed by atoms with Crippen LogP contribution in [0.1, 0.15) is 5.56 Å². The van der Waals surface area contributed by atoms with E-state index < -0.39 is 10.0 Å². The molecule has 3 N–H and O–H groups in total. The number of sulfonamides is 1. The van der Waals surface area contributed by atoms with Crippen LogP contribution < -0.4 is 15.4 Å². The Bertz CT molecular complexity index is 718. The molecule has 0 aliphatic heterocycles. The fourth-order valence-corrected chi connectivity index (χ4v) is 3.49. The van der Waals surface area contributed by atoms with Crippen molar-refractivity contribution < 1.29 is 8.42 Å². The topological polar surface area (TPSA) is 75.4 Å². The highest BCUT2D eigenvalue weighted by molar-refractivity contribution is 7.93. The molecule has 0 unspecified atom stereocenters. The van der Waals surface area contributed by atoms with E-state index in [0.717, 1.165) is 5.69 Å². The van der Waals surface area contributed by atoms with Crippen molar-refractivity contribution in [2.45, 2.75) is 11.8 Å². The second-order valence-electron chi connectivity index (χ2n) is 5.04. The Labute approximate surface area is 125 Å². The second-order valence-corrected chi connectivity index (χ2v) is 6.66. The fraction of sp³-hybridized carbons (Fsp3) is 0.200. The van der Waals surface area contributed by atoms with Crippen LogP contribution in [0.2, 0.25) is 0 Å². The van der Waals surface area contributed by atoms with Gasteiger partial charge in [-0.05, 0) is 42.8 Å². The highest BCUT2D eigenvalue weighted by atomic mass is 32.2. The van der Waals surface area contributed by atoms with Crippen LogP contribution in [0.25, 0.3) is 0 Å². The molecule has 6 heteroatoms. The van der Waals surface area contributed by atoms with E-state index in [1.807, 2.05) is 31.1 Å². The number of rotatable bonds is 4. The van der Waals surface area contributed by atoms with Gasteiger partial charge in [0.05, 0.1) is 5.69 Å². The monoisotopic (exact) mass is 305 g/mol. The number of nitrogens with one attached hydrogen (secondary N) is 1. The van der Waals surface area contributed by atoms with E-state index in [0.29, 0.717) is 11.3 Å². The highest BCUT2D eigenvalue weighted by Crippen LogP contribution is 2.25. The summed E-state index contributed by atoms with van der Waals surface area (Å²) in [6, 6.07) is 12.2. The minimum absolute atomic E-state index is 0.127. The number of anilines is 3. The van der Waals surface area contributed by atoms with Crippen molar-refractivity contribution in [3.8, 4) is 0 Å². The number of aryl methyl sites for hydroxylation is 1. The van der Waals surface area contributed by atoms with Crippen molar-refractivity contribution in [2.24, 2.45) is 0 Å². The lowest BCUT2D eigenvalue weighted by Gasteiger charge is -2.15. The zero-order valence-corrected chi connectivity index (χ0v) is 13.1. The molecule has 0 fully saturated rings. The van der Waals surface area contributed by atoms with Gasteiger partial charge in [-0.15, -0.1) is 0 Å². The van der Waals surface area contributed by atoms with Crippen LogP contribution in [0, 0.1) is 6.92 Å². The normalized spacial score (nSPS) is 11.2. The summed E-state index contributed by atoms with van der Waals surface area (Å²) in [5.41, 5.74) is 8.16. The van der Waals surface area contributed by atoms with Crippen LogP contribution in [0.5, 0.6) is 0 Å². The van der Waals surface area contributed by atoms with E-state index in [-0.39, 0.29) is 10.6 Å². The SMILES string of the molecule is Cc1cccc(N)c1S(=O)(=O)Nc1ccc(N(C)C)cc1. The van der Waals surface area contributed by atoms with Gasteiger partial charge in [0.1, 0.15) is 4.90 Å². The Balaban J connectivity index is 2.33. The third-order valence-electron chi connectivity index (χ3n) is 3.15. The van der Waals surface area contributed by atoms with Crippen LogP contribution in [0.4, 0.5) is 17.1 Å². The van der Waals surface area contributed by atoms with E-state index in [2.05, 4.69) is 4.72 Å². The molecular weight excluding hydrogens is 286 g/mol. The molecule has 2 aromatic rings. The number of nitrogen functional groups attached to an aromatic ring is 1. The van der Waals surface area contributed by atoms with Crippen molar-refractivity contribution in [1.82, 2.24) is 0 Å². The third-order valence-corrected chi connectivity index (χ3v) is 4.75. The zero-order chi connectivity index (χ0) is 15.6. The fourth-order valence-electron chi connectivity index (χ4n) is 2.08. The van der Waals surface area contributed by atoms with Gasteiger partial charge in [-0.3, -0.25) is 4.72 Å². The molecule has 0 aliphatic carbocycles. The first-order chi connectivity index (χ1) is 9.81. The molecule has 0 aliphatic rings. The predicted octanol–water partition coefficient (Wildman–Crippen LogP) is 2.44. The molecule has 0 radical (unpaired) electrons. The lowest BCUT2D eigenvalue weighted by atomic mass is 10.2. The van der Waals surface area contributed by atoms with Gasteiger partial charge in [0.25, 0.3) is 10.0 Å². The van der Waals surface area contributed by atoms with Crippen molar-refractivity contribution in [1.29, 1.82) is 0 Å². The van der Waals surface area contributed by atoms with Gasteiger partial charge in [0.2, 0.25) is 0 Å². The minimum Gasteiger partial charge on any atom is -0.398 e. The molecule has 21 heavy (non-hydrogen) atoms. The lowest BCUT2D eigenvalue weighted by molar-refractivity contribution is 0.601. The molecule has 112 valence electrons. The van der Waals surface area contributed by atoms with Crippen LogP contribution in [-0.2, 0) is 10.0 Å². The van der Waals surface area contributed by atoms with Gasteiger partial charge < -0.3 is 10.6 Å². The van der Waals surface area contributed by atoms with Crippen molar-refractivity contribution in [3.63, 3.8) is 0 Å². The standard InChI is InChI=1S/C15H19N3O2S/c1-11-5-4-6-14(16)15(11)21(19,20)17-12-7-9-13(10-8-12)18(2)3/h4-10,17H,16H2,1-3H3. The Morgan fingerprint density at radius 2 is 1.67 bits per heavy atom. The molecule has 0 amide bonds. The van der Waals surface area contributed by atoms with E-state index in [1.165, 1.54) is 0 Å². The summed E-state index contributed by atoms with van der Waals surface area (Å²) in [5.74, 6) is 0. The van der Waals surface area contributed by atoms with Crippen molar-refractivity contribution in [3.05, 3.63) is 48.0 Å². The molecule has 0 saturated heterocycles. The molecule has 0 heterocycles. The average molecular weight is 305 g/mol. The molecular formula is C15H19N3O2S. The first-order valence-electron chi connectivity index (χ1n) is 6.46. The molecule has 0 saturated carbocycles. The van der Waals surface area contributed by atoms with Gasteiger partial charge in [0.15, 0.2) is 0 Å². The van der Waals surface area contributed by atoms with Crippen molar-refractivity contribution in [2.75, 3.05) is 29.5 Å². The molecule has 0 atom stereocenters. The Morgan fingerprint density at radius 3 is 2.19 bits per heavy atom. The number of hydrogen-bond acceptors (Lipinski definition) is 4. The number of benzene rings is 2. The summed E-state index contributed by atoms with van der Waals surface area (Å²) in [6.07, 6.45) is 0. The van der Waals surface area contributed by atoms with Crippen LogP contribution in [0.15, 0.2) is 47.4 Å².